The van der Waals surface area contributed by atoms with E-state index in [1.54, 1.807) is 12.1 Å². The van der Waals surface area contributed by atoms with Crippen molar-refractivity contribution in [3.05, 3.63) is 23.8 Å². The highest BCUT2D eigenvalue weighted by Crippen LogP contribution is 2.20. The predicted molar refractivity (Wildman–Crippen MR) is 77.2 cm³/mol. The third kappa shape index (κ3) is 4.71. The molecular weight excluding hydrogens is 242 g/mol. The number of anilines is 2. The standard InChI is InChI=1S/C14H21N3O2/c1-9-7-12(5-6-13(9)16-11(3)18)17-14(19)10(2)8-15-4/h5-7,10,15H,8H2,1-4H3,(H,16,18)(H,17,19). The van der Waals surface area contributed by atoms with Crippen LogP contribution in [-0.2, 0) is 9.59 Å². The zero-order valence-corrected chi connectivity index (χ0v) is 11.8. The number of rotatable bonds is 5. The van der Waals surface area contributed by atoms with E-state index in [9.17, 15) is 9.59 Å². The average molecular weight is 263 g/mol. The molecule has 1 aromatic carbocycles. The van der Waals surface area contributed by atoms with Crippen LogP contribution in [0.1, 0.15) is 19.4 Å². The van der Waals surface area contributed by atoms with Crippen LogP contribution < -0.4 is 16.0 Å². The molecule has 0 aromatic heterocycles. The molecule has 0 aliphatic rings. The Morgan fingerprint density at radius 3 is 2.47 bits per heavy atom. The van der Waals surface area contributed by atoms with Gasteiger partial charge in [0, 0.05) is 30.8 Å². The fourth-order valence-corrected chi connectivity index (χ4v) is 1.74. The Morgan fingerprint density at radius 1 is 1.26 bits per heavy atom. The SMILES string of the molecule is CNCC(C)C(=O)Nc1ccc(NC(C)=O)c(C)c1. The predicted octanol–water partition coefficient (Wildman–Crippen LogP) is 1.75. The Kier molecular flexibility index (Phi) is 5.51. The van der Waals surface area contributed by atoms with Gasteiger partial charge in [-0.05, 0) is 37.7 Å². The molecule has 0 radical (unpaired) electrons. The molecule has 2 amide bonds. The van der Waals surface area contributed by atoms with Crippen molar-refractivity contribution in [2.45, 2.75) is 20.8 Å². The summed E-state index contributed by atoms with van der Waals surface area (Å²) in [4.78, 5) is 22.9. The van der Waals surface area contributed by atoms with Gasteiger partial charge in [-0.15, -0.1) is 0 Å². The van der Waals surface area contributed by atoms with Crippen LogP contribution in [0, 0.1) is 12.8 Å². The average Bonchev–Trinajstić information content (AvgIpc) is 2.32. The van der Waals surface area contributed by atoms with E-state index in [1.165, 1.54) is 6.92 Å². The van der Waals surface area contributed by atoms with Crippen molar-refractivity contribution in [1.29, 1.82) is 0 Å². The van der Waals surface area contributed by atoms with Crippen molar-refractivity contribution >= 4 is 23.2 Å². The van der Waals surface area contributed by atoms with E-state index < -0.39 is 0 Å². The summed E-state index contributed by atoms with van der Waals surface area (Å²) >= 11 is 0. The molecule has 1 aromatic rings. The topological polar surface area (TPSA) is 70.2 Å². The van der Waals surface area contributed by atoms with E-state index in [0.29, 0.717) is 6.54 Å². The number of hydrogen-bond donors (Lipinski definition) is 3. The van der Waals surface area contributed by atoms with Gasteiger partial charge in [0.15, 0.2) is 0 Å². The highest BCUT2D eigenvalue weighted by Gasteiger charge is 2.12. The highest BCUT2D eigenvalue weighted by molar-refractivity contribution is 5.94. The molecule has 0 saturated heterocycles. The summed E-state index contributed by atoms with van der Waals surface area (Å²) in [6.07, 6.45) is 0. The van der Waals surface area contributed by atoms with Gasteiger partial charge in [0.25, 0.3) is 0 Å². The monoisotopic (exact) mass is 263 g/mol. The summed E-state index contributed by atoms with van der Waals surface area (Å²) in [5.41, 5.74) is 2.41. The Hall–Kier alpha value is -1.88. The first-order valence-corrected chi connectivity index (χ1v) is 6.27. The largest absolute Gasteiger partial charge is 0.326 e. The van der Waals surface area contributed by atoms with Crippen LogP contribution in [0.2, 0.25) is 0 Å². The van der Waals surface area contributed by atoms with Gasteiger partial charge in [-0.3, -0.25) is 9.59 Å². The first-order chi connectivity index (χ1) is 8.93. The molecule has 3 N–H and O–H groups in total. The number of benzene rings is 1. The zero-order chi connectivity index (χ0) is 14.4. The van der Waals surface area contributed by atoms with Crippen LogP contribution in [0.15, 0.2) is 18.2 Å². The quantitative estimate of drug-likeness (QED) is 0.758. The van der Waals surface area contributed by atoms with Gasteiger partial charge < -0.3 is 16.0 Å². The lowest BCUT2D eigenvalue weighted by Crippen LogP contribution is -2.28. The molecule has 19 heavy (non-hydrogen) atoms. The van der Waals surface area contributed by atoms with Gasteiger partial charge in [0.1, 0.15) is 0 Å². The van der Waals surface area contributed by atoms with Gasteiger partial charge in [-0.1, -0.05) is 6.92 Å². The summed E-state index contributed by atoms with van der Waals surface area (Å²) < 4.78 is 0. The molecule has 1 atom stereocenters. The molecule has 0 aliphatic heterocycles. The van der Waals surface area contributed by atoms with Gasteiger partial charge in [0.05, 0.1) is 0 Å². The van der Waals surface area contributed by atoms with Gasteiger partial charge in [-0.25, -0.2) is 0 Å². The van der Waals surface area contributed by atoms with Crippen molar-refractivity contribution in [3.63, 3.8) is 0 Å². The normalized spacial score (nSPS) is 11.8. The number of amides is 2. The van der Waals surface area contributed by atoms with E-state index in [4.69, 9.17) is 0 Å². The van der Waals surface area contributed by atoms with Crippen LogP contribution in [0.4, 0.5) is 11.4 Å². The van der Waals surface area contributed by atoms with Crippen molar-refractivity contribution in [1.82, 2.24) is 5.32 Å². The van der Waals surface area contributed by atoms with Crippen molar-refractivity contribution in [3.8, 4) is 0 Å². The molecule has 0 aliphatic carbocycles. The van der Waals surface area contributed by atoms with E-state index >= 15 is 0 Å². The molecule has 0 saturated carbocycles. The minimum Gasteiger partial charge on any atom is -0.326 e. The van der Waals surface area contributed by atoms with Crippen molar-refractivity contribution in [2.75, 3.05) is 24.2 Å². The molecule has 0 bridgehead atoms. The fourth-order valence-electron chi connectivity index (χ4n) is 1.74. The second kappa shape index (κ2) is 6.89. The zero-order valence-electron chi connectivity index (χ0n) is 11.8. The Bertz CT molecular complexity index is 472. The number of carbonyl (C=O) groups is 2. The smallest absolute Gasteiger partial charge is 0.228 e. The highest BCUT2D eigenvalue weighted by atomic mass is 16.2. The summed E-state index contributed by atoms with van der Waals surface area (Å²) in [7, 11) is 1.82. The van der Waals surface area contributed by atoms with E-state index in [-0.39, 0.29) is 17.7 Å². The van der Waals surface area contributed by atoms with Gasteiger partial charge in [0.2, 0.25) is 11.8 Å². The lowest BCUT2D eigenvalue weighted by molar-refractivity contribution is -0.119. The molecule has 104 valence electrons. The number of nitrogens with one attached hydrogen (secondary N) is 3. The van der Waals surface area contributed by atoms with Crippen LogP contribution in [-0.4, -0.2) is 25.4 Å². The van der Waals surface area contributed by atoms with Crippen LogP contribution in [0.3, 0.4) is 0 Å². The lowest BCUT2D eigenvalue weighted by atomic mass is 10.1. The van der Waals surface area contributed by atoms with Crippen LogP contribution in [0.25, 0.3) is 0 Å². The molecule has 0 spiro atoms. The number of hydrogen-bond acceptors (Lipinski definition) is 3. The summed E-state index contributed by atoms with van der Waals surface area (Å²) in [5.74, 6) is -0.233. The third-order valence-corrected chi connectivity index (χ3v) is 2.76. The molecule has 0 fully saturated rings. The second-order valence-corrected chi connectivity index (χ2v) is 4.66. The van der Waals surface area contributed by atoms with Gasteiger partial charge in [-0.2, -0.15) is 0 Å². The number of aryl methyl sites for hydroxylation is 1. The molecule has 5 heteroatoms. The maximum absolute atomic E-state index is 11.9. The van der Waals surface area contributed by atoms with Crippen LogP contribution >= 0.6 is 0 Å². The molecular formula is C14H21N3O2. The Morgan fingerprint density at radius 2 is 1.95 bits per heavy atom. The first-order valence-electron chi connectivity index (χ1n) is 6.27. The minimum atomic E-state index is -0.109. The van der Waals surface area contributed by atoms with Gasteiger partial charge >= 0.3 is 0 Å². The minimum absolute atomic E-state index is 0.0268. The number of carbonyl (C=O) groups excluding carboxylic acids is 2. The fraction of sp³-hybridized carbons (Fsp3) is 0.429. The van der Waals surface area contributed by atoms with E-state index in [2.05, 4.69) is 16.0 Å². The molecule has 1 unspecified atom stereocenters. The maximum Gasteiger partial charge on any atom is 0.228 e. The summed E-state index contributed by atoms with van der Waals surface area (Å²) in [6.45, 7) is 5.85. The summed E-state index contributed by atoms with van der Waals surface area (Å²) in [6, 6.07) is 5.41. The third-order valence-electron chi connectivity index (χ3n) is 2.76. The second-order valence-electron chi connectivity index (χ2n) is 4.66. The van der Waals surface area contributed by atoms with Crippen molar-refractivity contribution < 1.29 is 9.59 Å². The molecule has 0 heterocycles. The lowest BCUT2D eigenvalue weighted by Gasteiger charge is -2.13. The van der Waals surface area contributed by atoms with E-state index in [0.717, 1.165) is 16.9 Å². The van der Waals surface area contributed by atoms with Crippen LogP contribution in [0.5, 0.6) is 0 Å². The van der Waals surface area contributed by atoms with E-state index in [1.807, 2.05) is 27.0 Å². The summed E-state index contributed by atoms with van der Waals surface area (Å²) in [5, 5.41) is 8.56. The molecule has 1 rings (SSSR count). The maximum atomic E-state index is 11.9. The van der Waals surface area contributed by atoms with Crippen molar-refractivity contribution in [2.24, 2.45) is 5.92 Å². The molecule has 5 nitrogen and oxygen atoms in total. The Labute approximate surface area is 113 Å². The first kappa shape index (κ1) is 15.2. The Balaban J connectivity index is 2.73.